The van der Waals surface area contributed by atoms with Gasteiger partial charge in [0.15, 0.2) is 0 Å². The molecule has 0 aromatic rings. The fourth-order valence-electron chi connectivity index (χ4n) is 2.02. The fourth-order valence-corrected chi connectivity index (χ4v) is 2.02. The quantitative estimate of drug-likeness (QED) is 0.667. The Kier molecular flexibility index (Phi) is 4.58. The maximum atomic E-state index is 6.01. The Hall–Kier alpha value is -0.380. The summed E-state index contributed by atoms with van der Waals surface area (Å²) >= 11 is 0. The molecule has 3 nitrogen and oxygen atoms in total. The van der Waals surface area contributed by atoms with Crippen LogP contribution < -0.4 is 5.73 Å². The summed E-state index contributed by atoms with van der Waals surface area (Å²) in [6.45, 7) is 7.19. The Morgan fingerprint density at radius 3 is 2.86 bits per heavy atom. The largest absolute Gasteiger partial charge is 0.327 e. The first-order valence-electron chi connectivity index (χ1n) is 5.38. The van der Waals surface area contributed by atoms with Crippen molar-refractivity contribution in [2.45, 2.75) is 24.9 Å². The van der Waals surface area contributed by atoms with Crippen LogP contribution in [0.25, 0.3) is 0 Å². The first-order valence-corrected chi connectivity index (χ1v) is 5.38. The average Bonchev–Trinajstić information content (AvgIpc) is 2.12. The van der Waals surface area contributed by atoms with Gasteiger partial charge >= 0.3 is 0 Å². The van der Waals surface area contributed by atoms with E-state index in [0.29, 0.717) is 6.04 Å². The molecule has 14 heavy (non-hydrogen) atoms. The molecule has 2 atom stereocenters. The maximum absolute atomic E-state index is 6.01. The standard InChI is InChI=1S/C11H23N3/c1-4-5-10(12)8-11-9-13(2)6-7-14(11)3/h4,10-11H,1,5-9,12H2,2-3H3. The third-order valence-corrected chi connectivity index (χ3v) is 3.02. The highest BCUT2D eigenvalue weighted by atomic mass is 15.3. The SMILES string of the molecule is C=CCC(N)CC1CN(C)CCN1C. The van der Waals surface area contributed by atoms with Gasteiger partial charge in [0.1, 0.15) is 0 Å². The van der Waals surface area contributed by atoms with E-state index in [-0.39, 0.29) is 6.04 Å². The van der Waals surface area contributed by atoms with E-state index in [1.165, 1.54) is 6.54 Å². The first-order chi connectivity index (χ1) is 6.63. The van der Waals surface area contributed by atoms with Crippen LogP contribution in [-0.4, -0.2) is 55.6 Å². The second kappa shape index (κ2) is 5.49. The van der Waals surface area contributed by atoms with Gasteiger partial charge in [-0.2, -0.15) is 0 Å². The molecule has 0 bridgehead atoms. The third-order valence-electron chi connectivity index (χ3n) is 3.02. The normalized spacial score (nSPS) is 27.5. The van der Waals surface area contributed by atoms with Gasteiger partial charge in [0.2, 0.25) is 0 Å². The number of rotatable bonds is 4. The van der Waals surface area contributed by atoms with Gasteiger partial charge in [0.05, 0.1) is 0 Å². The number of hydrogen-bond donors (Lipinski definition) is 1. The highest BCUT2D eigenvalue weighted by molar-refractivity contribution is 4.84. The summed E-state index contributed by atoms with van der Waals surface area (Å²) in [7, 11) is 4.37. The van der Waals surface area contributed by atoms with Crippen LogP contribution >= 0.6 is 0 Å². The maximum Gasteiger partial charge on any atom is 0.0235 e. The Bertz CT molecular complexity index is 181. The first kappa shape index (κ1) is 11.7. The van der Waals surface area contributed by atoms with Gasteiger partial charge in [-0.05, 0) is 26.9 Å². The summed E-state index contributed by atoms with van der Waals surface area (Å²) in [4.78, 5) is 4.80. The lowest BCUT2D eigenvalue weighted by Gasteiger charge is -2.38. The molecular weight excluding hydrogens is 174 g/mol. The third kappa shape index (κ3) is 3.40. The molecule has 0 radical (unpaired) electrons. The van der Waals surface area contributed by atoms with Crippen LogP contribution in [0.2, 0.25) is 0 Å². The molecule has 0 aliphatic carbocycles. The number of piperazine rings is 1. The van der Waals surface area contributed by atoms with Gasteiger partial charge in [-0.3, -0.25) is 0 Å². The Balaban J connectivity index is 2.36. The summed E-state index contributed by atoms with van der Waals surface area (Å²) in [6.07, 6.45) is 3.91. The van der Waals surface area contributed by atoms with Crippen molar-refractivity contribution in [3.05, 3.63) is 12.7 Å². The Labute approximate surface area is 87.6 Å². The molecule has 3 heteroatoms. The number of nitrogens with zero attached hydrogens (tertiary/aromatic N) is 2. The van der Waals surface area contributed by atoms with E-state index in [2.05, 4.69) is 30.5 Å². The van der Waals surface area contributed by atoms with E-state index in [1.54, 1.807) is 0 Å². The van der Waals surface area contributed by atoms with Gasteiger partial charge in [0.25, 0.3) is 0 Å². The van der Waals surface area contributed by atoms with E-state index < -0.39 is 0 Å². The van der Waals surface area contributed by atoms with Crippen LogP contribution in [0.1, 0.15) is 12.8 Å². The van der Waals surface area contributed by atoms with E-state index in [4.69, 9.17) is 5.73 Å². The Morgan fingerprint density at radius 2 is 2.21 bits per heavy atom. The molecule has 1 saturated heterocycles. The van der Waals surface area contributed by atoms with E-state index in [0.717, 1.165) is 25.9 Å². The highest BCUT2D eigenvalue weighted by Gasteiger charge is 2.23. The minimum atomic E-state index is 0.270. The zero-order chi connectivity index (χ0) is 10.6. The minimum absolute atomic E-state index is 0.270. The van der Waals surface area contributed by atoms with Crippen molar-refractivity contribution in [2.75, 3.05) is 33.7 Å². The predicted octanol–water partition coefficient (Wildman–Crippen LogP) is 0.526. The molecule has 1 heterocycles. The molecular formula is C11H23N3. The molecule has 2 N–H and O–H groups in total. The van der Waals surface area contributed by atoms with Crippen LogP contribution in [-0.2, 0) is 0 Å². The summed E-state index contributed by atoms with van der Waals surface area (Å²) in [6, 6.07) is 0.884. The zero-order valence-electron chi connectivity index (χ0n) is 9.45. The predicted molar refractivity (Wildman–Crippen MR) is 61.3 cm³/mol. The smallest absolute Gasteiger partial charge is 0.0235 e. The summed E-state index contributed by atoms with van der Waals surface area (Å²) in [5.41, 5.74) is 6.01. The van der Waals surface area contributed by atoms with E-state index in [1.807, 2.05) is 6.08 Å². The van der Waals surface area contributed by atoms with Crippen LogP contribution in [0, 0.1) is 0 Å². The molecule has 1 aliphatic rings. The number of nitrogens with two attached hydrogens (primary N) is 1. The van der Waals surface area contributed by atoms with Crippen molar-refractivity contribution in [3.63, 3.8) is 0 Å². The highest BCUT2D eigenvalue weighted by Crippen LogP contribution is 2.12. The molecule has 82 valence electrons. The zero-order valence-corrected chi connectivity index (χ0v) is 9.45. The van der Waals surface area contributed by atoms with Crippen molar-refractivity contribution in [1.82, 2.24) is 9.80 Å². The molecule has 0 aromatic carbocycles. The van der Waals surface area contributed by atoms with Gasteiger partial charge in [-0.1, -0.05) is 6.08 Å². The fraction of sp³-hybridized carbons (Fsp3) is 0.818. The molecule has 0 spiro atoms. The van der Waals surface area contributed by atoms with Crippen LogP contribution in [0.3, 0.4) is 0 Å². The van der Waals surface area contributed by atoms with Gasteiger partial charge in [-0.15, -0.1) is 6.58 Å². The second-order valence-corrected chi connectivity index (χ2v) is 4.42. The van der Waals surface area contributed by atoms with Crippen molar-refractivity contribution in [3.8, 4) is 0 Å². The lowest BCUT2D eigenvalue weighted by molar-refractivity contribution is 0.104. The average molecular weight is 197 g/mol. The number of likely N-dealkylation sites (N-methyl/N-ethyl adjacent to an activating group) is 2. The van der Waals surface area contributed by atoms with E-state index in [9.17, 15) is 0 Å². The van der Waals surface area contributed by atoms with Gasteiger partial charge in [0, 0.05) is 31.7 Å². The van der Waals surface area contributed by atoms with Crippen LogP contribution in [0.15, 0.2) is 12.7 Å². The lowest BCUT2D eigenvalue weighted by Crippen LogP contribution is -2.51. The van der Waals surface area contributed by atoms with E-state index >= 15 is 0 Å². The summed E-state index contributed by atoms with van der Waals surface area (Å²) in [5.74, 6) is 0. The van der Waals surface area contributed by atoms with Crippen molar-refractivity contribution in [2.24, 2.45) is 5.73 Å². The summed E-state index contributed by atoms with van der Waals surface area (Å²) < 4.78 is 0. The summed E-state index contributed by atoms with van der Waals surface area (Å²) in [5, 5.41) is 0. The molecule has 0 aromatic heterocycles. The molecule has 0 amide bonds. The Morgan fingerprint density at radius 1 is 1.50 bits per heavy atom. The lowest BCUT2D eigenvalue weighted by atomic mass is 10.0. The molecule has 1 rings (SSSR count). The topological polar surface area (TPSA) is 32.5 Å². The van der Waals surface area contributed by atoms with Gasteiger partial charge < -0.3 is 15.5 Å². The molecule has 0 saturated carbocycles. The van der Waals surface area contributed by atoms with Crippen LogP contribution in [0.5, 0.6) is 0 Å². The van der Waals surface area contributed by atoms with Crippen molar-refractivity contribution < 1.29 is 0 Å². The van der Waals surface area contributed by atoms with Crippen molar-refractivity contribution >= 4 is 0 Å². The second-order valence-electron chi connectivity index (χ2n) is 4.42. The van der Waals surface area contributed by atoms with Crippen LogP contribution in [0.4, 0.5) is 0 Å². The minimum Gasteiger partial charge on any atom is -0.327 e. The molecule has 1 aliphatic heterocycles. The van der Waals surface area contributed by atoms with Crippen molar-refractivity contribution in [1.29, 1.82) is 0 Å². The monoisotopic (exact) mass is 197 g/mol. The van der Waals surface area contributed by atoms with Gasteiger partial charge in [-0.25, -0.2) is 0 Å². The number of hydrogen-bond acceptors (Lipinski definition) is 3. The molecule has 2 unspecified atom stereocenters. The molecule has 1 fully saturated rings.